The average molecular weight is 712 g/mol. The molecule has 56 heavy (non-hydrogen) atoms. The largest absolute Gasteiger partial charge is 0.310 e. The maximum atomic E-state index is 9.48. The van der Waals surface area contributed by atoms with Crippen LogP contribution in [0.25, 0.3) is 82.7 Å². The van der Waals surface area contributed by atoms with E-state index in [1.807, 2.05) is 24.3 Å². The number of hydrogen-bond acceptors (Lipinski definition) is 2. The van der Waals surface area contributed by atoms with E-state index in [1.54, 1.807) is 0 Å². The predicted molar refractivity (Wildman–Crippen MR) is 237 cm³/mol. The van der Waals surface area contributed by atoms with E-state index in [1.165, 1.54) is 76.1 Å². The molecule has 0 atom stereocenters. The minimum atomic E-state index is 0.643. The highest BCUT2D eigenvalue weighted by Crippen LogP contribution is 2.41. The number of hydrogen-bond donors (Lipinski definition) is 0. The van der Waals surface area contributed by atoms with Gasteiger partial charge in [-0.25, -0.2) is 0 Å². The van der Waals surface area contributed by atoms with Crippen molar-refractivity contribution in [2.45, 2.75) is 0 Å². The van der Waals surface area contributed by atoms with Gasteiger partial charge in [0.1, 0.15) is 0 Å². The average Bonchev–Trinajstić information content (AvgIpc) is 3.60. The van der Waals surface area contributed by atoms with Gasteiger partial charge in [0.05, 0.1) is 22.7 Å². The van der Waals surface area contributed by atoms with Gasteiger partial charge in [-0.15, -0.1) is 0 Å². The summed E-state index contributed by atoms with van der Waals surface area (Å²) in [6, 6.07) is 69.5. The van der Waals surface area contributed by atoms with E-state index in [4.69, 9.17) is 0 Å². The van der Waals surface area contributed by atoms with E-state index in [0.29, 0.717) is 5.56 Å². The summed E-state index contributed by atoms with van der Waals surface area (Å²) in [7, 11) is 0. The zero-order chi connectivity index (χ0) is 37.2. The summed E-state index contributed by atoms with van der Waals surface area (Å²) in [6.45, 7) is 0. The van der Waals surface area contributed by atoms with Crippen LogP contribution in [0.15, 0.2) is 188 Å². The van der Waals surface area contributed by atoms with Crippen LogP contribution in [-0.4, -0.2) is 4.57 Å². The number of para-hydroxylation sites is 1. The first kappa shape index (κ1) is 31.8. The molecule has 10 aromatic carbocycles. The van der Waals surface area contributed by atoms with Gasteiger partial charge in [-0.1, -0.05) is 115 Å². The van der Waals surface area contributed by atoms with E-state index in [-0.39, 0.29) is 0 Å². The van der Waals surface area contributed by atoms with Crippen molar-refractivity contribution in [3.8, 4) is 11.8 Å². The van der Waals surface area contributed by atoms with Crippen molar-refractivity contribution in [1.29, 1.82) is 5.26 Å². The Balaban J connectivity index is 0.966. The molecule has 0 aliphatic heterocycles. The lowest BCUT2D eigenvalue weighted by molar-refractivity contribution is 1.18. The number of nitriles is 1. The van der Waals surface area contributed by atoms with Crippen LogP contribution < -0.4 is 4.90 Å². The molecule has 11 aromatic rings. The van der Waals surface area contributed by atoms with E-state index >= 15 is 0 Å². The number of fused-ring (bicyclic) bond motifs is 4. The third-order valence-corrected chi connectivity index (χ3v) is 11.2. The van der Waals surface area contributed by atoms with Gasteiger partial charge in [0.25, 0.3) is 0 Å². The van der Waals surface area contributed by atoms with Gasteiger partial charge in [-0.2, -0.15) is 5.26 Å². The fourth-order valence-corrected chi connectivity index (χ4v) is 8.63. The Labute approximate surface area is 324 Å². The maximum Gasteiger partial charge on any atom is 0.0991 e. The van der Waals surface area contributed by atoms with Crippen LogP contribution in [-0.2, 0) is 0 Å². The number of benzene rings is 10. The lowest BCUT2D eigenvalue weighted by Crippen LogP contribution is -2.10. The molecule has 260 valence electrons. The third kappa shape index (κ3) is 5.20. The second kappa shape index (κ2) is 12.7. The van der Waals surface area contributed by atoms with E-state index < -0.39 is 0 Å². The Kier molecular flexibility index (Phi) is 7.23. The molecular formula is C53H33N3. The molecular weight excluding hydrogens is 679 g/mol. The summed E-state index contributed by atoms with van der Waals surface area (Å²) >= 11 is 0. The molecule has 3 nitrogen and oxygen atoms in total. The van der Waals surface area contributed by atoms with Gasteiger partial charge in [0.15, 0.2) is 0 Å². The lowest BCUT2D eigenvalue weighted by Gasteiger charge is -2.26. The molecule has 11 rings (SSSR count). The smallest absolute Gasteiger partial charge is 0.0991 e. The molecule has 1 aromatic heterocycles. The standard InChI is InChI=1S/C53H33N3/c54-34-36-15-23-45(24-16-36)55(46-25-22-38-7-4-5-8-40(38)32-46)47-26-28-49-42(33-47)20-19-41-29-35(17-27-48(41)49)13-14-37-30-43-21-18-39-9-6-12-50-52(39)53(43)51(31-37)56(50)44-10-2-1-3-11-44/h1-33H. The Morgan fingerprint density at radius 2 is 1.00 bits per heavy atom. The second-order valence-electron chi connectivity index (χ2n) is 14.6. The summed E-state index contributed by atoms with van der Waals surface area (Å²) in [5, 5.41) is 21.8. The number of rotatable bonds is 6. The number of aromatic nitrogens is 1. The summed E-state index contributed by atoms with van der Waals surface area (Å²) in [4.78, 5) is 2.27. The normalized spacial score (nSPS) is 11.8. The van der Waals surface area contributed by atoms with Crippen molar-refractivity contribution < 1.29 is 0 Å². The maximum absolute atomic E-state index is 9.48. The molecule has 0 unspecified atom stereocenters. The van der Waals surface area contributed by atoms with Crippen LogP contribution in [0.1, 0.15) is 16.7 Å². The molecule has 0 saturated heterocycles. The molecule has 0 aliphatic rings. The molecule has 0 saturated carbocycles. The fourth-order valence-electron chi connectivity index (χ4n) is 8.63. The summed E-state index contributed by atoms with van der Waals surface area (Å²) < 4.78 is 2.40. The quantitative estimate of drug-likeness (QED) is 0.127. The summed E-state index contributed by atoms with van der Waals surface area (Å²) in [6.07, 6.45) is 4.47. The molecule has 0 bridgehead atoms. The fraction of sp³-hybridized carbons (Fsp3) is 0. The van der Waals surface area contributed by atoms with Crippen molar-refractivity contribution >= 4 is 94.1 Å². The first-order valence-electron chi connectivity index (χ1n) is 19.0. The Morgan fingerprint density at radius 1 is 0.411 bits per heavy atom. The van der Waals surface area contributed by atoms with Gasteiger partial charge >= 0.3 is 0 Å². The molecule has 3 heteroatoms. The molecule has 0 amide bonds. The van der Waals surface area contributed by atoms with Crippen LogP contribution in [0.4, 0.5) is 17.1 Å². The monoisotopic (exact) mass is 711 g/mol. The predicted octanol–water partition coefficient (Wildman–Crippen LogP) is 14.3. The van der Waals surface area contributed by atoms with Crippen molar-refractivity contribution in [2.75, 3.05) is 4.90 Å². The zero-order valence-corrected chi connectivity index (χ0v) is 30.4. The van der Waals surface area contributed by atoms with Crippen molar-refractivity contribution in [1.82, 2.24) is 4.57 Å². The molecule has 0 radical (unpaired) electrons. The first-order valence-corrected chi connectivity index (χ1v) is 19.0. The van der Waals surface area contributed by atoms with Crippen LogP contribution in [0.2, 0.25) is 0 Å². The summed E-state index contributed by atoms with van der Waals surface area (Å²) in [5.41, 5.74) is 9.73. The van der Waals surface area contributed by atoms with E-state index in [0.717, 1.165) is 22.6 Å². The van der Waals surface area contributed by atoms with Gasteiger partial charge in [0.2, 0.25) is 0 Å². The Hall–Kier alpha value is -7.67. The van der Waals surface area contributed by atoms with Crippen LogP contribution in [0.5, 0.6) is 0 Å². The van der Waals surface area contributed by atoms with Gasteiger partial charge < -0.3 is 9.47 Å². The van der Waals surface area contributed by atoms with E-state index in [2.05, 4.69) is 191 Å². The highest BCUT2D eigenvalue weighted by molar-refractivity contribution is 6.24. The van der Waals surface area contributed by atoms with Crippen molar-refractivity contribution in [3.63, 3.8) is 0 Å². The van der Waals surface area contributed by atoms with E-state index in [9.17, 15) is 5.26 Å². The van der Waals surface area contributed by atoms with Crippen molar-refractivity contribution in [2.24, 2.45) is 0 Å². The minimum absolute atomic E-state index is 0.643. The van der Waals surface area contributed by atoms with Crippen LogP contribution in [0, 0.1) is 11.3 Å². The molecule has 0 spiro atoms. The molecule has 0 N–H and O–H groups in total. The van der Waals surface area contributed by atoms with Gasteiger partial charge in [-0.05, 0) is 139 Å². The van der Waals surface area contributed by atoms with Crippen LogP contribution >= 0.6 is 0 Å². The summed E-state index contributed by atoms with van der Waals surface area (Å²) in [5.74, 6) is 0. The first-order chi connectivity index (χ1) is 27.7. The lowest BCUT2D eigenvalue weighted by atomic mass is 9.98. The zero-order valence-electron chi connectivity index (χ0n) is 30.4. The van der Waals surface area contributed by atoms with Gasteiger partial charge in [0, 0.05) is 33.5 Å². The molecule has 0 fully saturated rings. The number of anilines is 3. The molecule has 0 aliphatic carbocycles. The Bertz CT molecular complexity index is 3360. The highest BCUT2D eigenvalue weighted by atomic mass is 15.1. The van der Waals surface area contributed by atoms with Gasteiger partial charge in [-0.3, -0.25) is 0 Å². The highest BCUT2D eigenvalue weighted by Gasteiger charge is 2.18. The molecule has 1 heterocycles. The Morgan fingerprint density at radius 3 is 1.82 bits per heavy atom. The number of nitrogens with zero attached hydrogens (tertiary/aromatic N) is 3. The second-order valence-corrected chi connectivity index (χ2v) is 14.6. The SMILES string of the molecule is N#Cc1ccc(N(c2ccc3ccccc3c2)c2ccc3c(ccc4cc(C=Cc5cc6ccc7cccc8c7c6c(c5)n8-c5ccccc5)ccc43)c2)cc1. The van der Waals surface area contributed by atoms with Crippen molar-refractivity contribution in [3.05, 3.63) is 205 Å². The minimum Gasteiger partial charge on any atom is -0.310 e. The third-order valence-electron chi connectivity index (χ3n) is 11.2. The van der Waals surface area contributed by atoms with Crippen LogP contribution in [0.3, 0.4) is 0 Å². The topological polar surface area (TPSA) is 32.0 Å².